The van der Waals surface area contributed by atoms with E-state index in [-0.39, 0.29) is 24.0 Å². The Labute approximate surface area is 160 Å². The Morgan fingerprint density at radius 3 is 2.74 bits per heavy atom. The summed E-state index contributed by atoms with van der Waals surface area (Å²) in [6.45, 7) is 11.3. The molecular formula is C16H30IN3O2S. The topological polar surface area (TPSA) is 65.9 Å². The van der Waals surface area contributed by atoms with Gasteiger partial charge in [-0.25, -0.2) is 4.99 Å². The van der Waals surface area contributed by atoms with Gasteiger partial charge in [0.15, 0.2) is 5.96 Å². The Morgan fingerprint density at radius 1 is 1.43 bits per heavy atom. The Bertz CT molecular complexity index is 437. The number of nitrogens with zero attached hydrogens (tertiary/aromatic N) is 1. The molecule has 1 rings (SSSR count). The molecule has 1 aromatic rings. The molecule has 0 radical (unpaired) electrons. The van der Waals surface area contributed by atoms with Crippen molar-refractivity contribution in [3.63, 3.8) is 0 Å². The molecule has 3 N–H and O–H groups in total. The van der Waals surface area contributed by atoms with Gasteiger partial charge in [0.05, 0.1) is 13.2 Å². The summed E-state index contributed by atoms with van der Waals surface area (Å²) in [5, 5.41) is 18.8. The molecule has 0 aliphatic carbocycles. The molecule has 1 atom stereocenters. The molecule has 0 aromatic carbocycles. The molecule has 1 aromatic heterocycles. The first kappa shape index (κ1) is 22.6. The van der Waals surface area contributed by atoms with Crippen LogP contribution in [-0.4, -0.2) is 43.9 Å². The van der Waals surface area contributed by atoms with E-state index >= 15 is 0 Å². The number of hydrogen-bond acceptors (Lipinski definition) is 4. The fraction of sp³-hybridized carbons (Fsp3) is 0.688. The van der Waals surface area contributed by atoms with Gasteiger partial charge in [0, 0.05) is 24.6 Å². The summed E-state index contributed by atoms with van der Waals surface area (Å²) in [5.74, 6) is 1.25. The highest BCUT2D eigenvalue weighted by Gasteiger charge is 2.23. The van der Waals surface area contributed by atoms with Gasteiger partial charge in [-0.1, -0.05) is 19.9 Å². The molecule has 7 heteroatoms. The standard InChI is InChI=1S/C16H29N3O2S.HI/c1-5-17-15(18-8-9-21-11-13(2)3)19-12-16(4,20)14-7-6-10-22-14;/h6-7,10,13,20H,5,8-9,11-12H2,1-4H3,(H2,17,18,19);1H. The maximum Gasteiger partial charge on any atom is 0.191 e. The van der Waals surface area contributed by atoms with Crippen LogP contribution in [0.2, 0.25) is 0 Å². The van der Waals surface area contributed by atoms with Crippen molar-refractivity contribution in [1.29, 1.82) is 0 Å². The summed E-state index contributed by atoms with van der Waals surface area (Å²) >= 11 is 1.54. The molecule has 1 unspecified atom stereocenters. The van der Waals surface area contributed by atoms with Crippen molar-refractivity contribution in [2.24, 2.45) is 10.9 Å². The van der Waals surface area contributed by atoms with Gasteiger partial charge < -0.3 is 20.5 Å². The van der Waals surface area contributed by atoms with Crippen molar-refractivity contribution in [1.82, 2.24) is 10.6 Å². The minimum atomic E-state index is -0.940. The lowest BCUT2D eigenvalue weighted by Crippen LogP contribution is -2.40. The van der Waals surface area contributed by atoms with Crippen molar-refractivity contribution in [2.45, 2.75) is 33.3 Å². The van der Waals surface area contributed by atoms with Crippen LogP contribution in [-0.2, 0) is 10.3 Å². The highest BCUT2D eigenvalue weighted by Crippen LogP contribution is 2.25. The van der Waals surface area contributed by atoms with Crippen LogP contribution in [0, 0.1) is 5.92 Å². The molecule has 0 fully saturated rings. The van der Waals surface area contributed by atoms with Gasteiger partial charge in [-0.3, -0.25) is 0 Å². The van der Waals surface area contributed by atoms with Gasteiger partial charge in [0.1, 0.15) is 5.60 Å². The number of guanidine groups is 1. The highest BCUT2D eigenvalue weighted by molar-refractivity contribution is 14.0. The Kier molecular flexibility index (Phi) is 11.9. The van der Waals surface area contributed by atoms with Gasteiger partial charge in [-0.2, -0.15) is 0 Å². The molecule has 134 valence electrons. The monoisotopic (exact) mass is 455 g/mol. The number of aliphatic imine (C=N–C) groups is 1. The quantitative estimate of drug-likeness (QED) is 0.232. The number of hydrogen-bond donors (Lipinski definition) is 3. The van der Waals surface area contributed by atoms with Gasteiger partial charge in [0.2, 0.25) is 0 Å². The van der Waals surface area contributed by atoms with Crippen LogP contribution in [0.25, 0.3) is 0 Å². The van der Waals surface area contributed by atoms with Crippen LogP contribution in [0.4, 0.5) is 0 Å². The van der Waals surface area contributed by atoms with Gasteiger partial charge in [0.25, 0.3) is 0 Å². The van der Waals surface area contributed by atoms with E-state index in [1.807, 2.05) is 24.4 Å². The first-order valence-corrected chi connectivity index (χ1v) is 8.70. The summed E-state index contributed by atoms with van der Waals surface area (Å²) in [6, 6.07) is 3.87. The van der Waals surface area contributed by atoms with Gasteiger partial charge >= 0.3 is 0 Å². The van der Waals surface area contributed by atoms with Crippen LogP contribution >= 0.6 is 35.3 Å². The maximum absolute atomic E-state index is 10.5. The number of ether oxygens (including phenoxy) is 1. The van der Waals surface area contributed by atoms with Crippen molar-refractivity contribution < 1.29 is 9.84 Å². The second kappa shape index (κ2) is 12.0. The molecule has 1 heterocycles. The zero-order chi connectivity index (χ0) is 16.4. The fourth-order valence-corrected chi connectivity index (χ4v) is 2.58. The molecule has 0 aliphatic rings. The number of aliphatic hydroxyl groups is 1. The van der Waals surface area contributed by atoms with E-state index in [0.717, 1.165) is 18.0 Å². The van der Waals surface area contributed by atoms with E-state index in [2.05, 4.69) is 29.5 Å². The lowest BCUT2D eigenvalue weighted by molar-refractivity contribution is 0.0711. The van der Waals surface area contributed by atoms with E-state index < -0.39 is 5.60 Å². The summed E-state index contributed by atoms with van der Waals surface area (Å²) in [4.78, 5) is 5.39. The number of rotatable bonds is 9. The molecule has 0 saturated carbocycles. The predicted molar refractivity (Wildman–Crippen MR) is 109 cm³/mol. The van der Waals surface area contributed by atoms with Crippen LogP contribution in [0.1, 0.15) is 32.6 Å². The molecule has 5 nitrogen and oxygen atoms in total. The lowest BCUT2D eigenvalue weighted by Gasteiger charge is -2.20. The van der Waals surface area contributed by atoms with Crippen LogP contribution in [0.3, 0.4) is 0 Å². The minimum Gasteiger partial charge on any atom is -0.383 e. The van der Waals surface area contributed by atoms with E-state index in [9.17, 15) is 5.11 Å². The van der Waals surface area contributed by atoms with E-state index in [4.69, 9.17) is 4.74 Å². The van der Waals surface area contributed by atoms with Crippen molar-refractivity contribution in [3.8, 4) is 0 Å². The minimum absolute atomic E-state index is 0. The molecule has 0 amide bonds. The van der Waals surface area contributed by atoms with E-state index in [0.29, 0.717) is 31.6 Å². The summed E-state index contributed by atoms with van der Waals surface area (Å²) in [6.07, 6.45) is 0. The number of thiophene rings is 1. The zero-order valence-corrected chi connectivity index (χ0v) is 17.6. The normalized spacial score (nSPS) is 14.3. The van der Waals surface area contributed by atoms with Gasteiger partial charge in [-0.05, 0) is 31.2 Å². The fourth-order valence-electron chi connectivity index (χ4n) is 1.80. The third-order valence-electron chi connectivity index (χ3n) is 2.93. The second-order valence-corrected chi connectivity index (χ2v) is 6.79. The molecule has 0 aliphatic heterocycles. The van der Waals surface area contributed by atoms with Crippen LogP contribution < -0.4 is 10.6 Å². The van der Waals surface area contributed by atoms with Crippen molar-refractivity contribution in [3.05, 3.63) is 22.4 Å². The first-order valence-electron chi connectivity index (χ1n) is 7.82. The number of nitrogens with one attached hydrogen (secondary N) is 2. The smallest absolute Gasteiger partial charge is 0.191 e. The average Bonchev–Trinajstić information content (AvgIpc) is 2.99. The predicted octanol–water partition coefficient (Wildman–Crippen LogP) is 2.80. The molecular weight excluding hydrogens is 425 g/mol. The van der Waals surface area contributed by atoms with Gasteiger partial charge in [-0.15, -0.1) is 35.3 Å². The Morgan fingerprint density at radius 2 is 2.17 bits per heavy atom. The van der Waals surface area contributed by atoms with Crippen LogP contribution in [0.5, 0.6) is 0 Å². The second-order valence-electron chi connectivity index (χ2n) is 5.84. The Hall–Kier alpha value is -0.380. The molecule has 0 saturated heterocycles. The maximum atomic E-state index is 10.5. The molecule has 23 heavy (non-hydrogen) atoms. The lowest BCUT2D eigenvalue weighted by atomic mass is 10.1. The largest absolute Gasteiger partial charge is 0.383 e. The number of halogens is 1. The van der Waals surface area contributed by atoms with E-state index in [1.165, 1.54) is 0 Å². The summed E-state index contributed by atoms with van der Waals surface area (Å²) in [5.41, 5.74) is -0.940. The van der Waals surface area contributed by atoms with Crippen molar-refractivity contribution in [2.75, 3.05) is 32.8 Å². The third-order valence-corrected chi connectivity index (χ3v) is 4.05. The average molecular weight is 455 g/mol. The molecule has 0 bridgehead atoms. The van der Waals surface area contributed by atoms with E-state index in [1.54, 1.807) is 18.3 Å². The SMILES string of the molecule is CCNC(=NCC(C)(O)c1cccs1)NCCOCC(C)C.I. The first-order chi connectivity index (χ1) is 10.5. The van der Waals surface area contributed by atoms with Crippen LogP contribution in [0.15, 0.2) is 22.5 Å². The summed E-state index contributed by atoms with van der Waals surface area (Å²) in [7, 11) is 0. The third kappa shape index (κ3) is 9.49. The highest BCUT2D eigenvalue weighted by atomic mass is 127. The summed E-state index contributed by atoms with van der Waals surface area (Å²) < 4.78 is 5.53. The van der Waals surface area contributed by atoms with Crippen molar-refractivity contribution >= 4 is 41.3 Å². The Balaban J connectivity index is 0.00000484. The zero-order valence-electron chi connectivity index (χ0n) is 14.5. The molecule has 0 spiro atoms.